The van der Waals surface area contributed by atoms with Crippen LogP contribution in [0.25, 0.3) is 0 Å². The average molecular weight is 164 g/mol. The van der Waals surface area contributed by atoms with Gasteiger partial charge in [0.15, 0.2) is 0 Å². The van der Waals surface area contributed by atoms with Crippen molar-refractivity contribution in [1.29, 1.82) is 0 Å². The molecule has 0 amide bonds. The van der Waals surface area contributed by atoms with Crippen molar-refractivity contribution in [3.63, 3.8) is 0 Å². The summed E-state index contributed by atoms with van der Waals surface area (Å²) in [6, 6.07) is 3.84. The first-order chi connectivity index (χ1) is 5.15. The SMILES string of the molecule is BNc1cc(S)c(N)cc1B. The van der Waals surface area contributed by atoms with Gasteiger partial charge < -0.3 is 11.0 Å². The Kier molecular flexibility index (Phi) is 2.39. The molecule has 1 aromatic carbocycles. The molecule has 0 saturated heterocycles. The molecule has 0 saturated carbocycles. The minimum absolute atomic E-state index is 0.727. The van der Waals surface area contributed by atoms with E-state index in [1.165, 1.54) is 0 Å². The van der Waals surface area contributed by atoms with Gasteiger partial charge in [0.05, 0.1) is 0 Å². The molecule has 5 heteroatoms. The summed E-state index contributed by atoms with van der Waals surface area (Å²) >= 11 is 4.20. The Labute approximate surface area is 73.8 Å². The maximum Gasteiger partial charge on any atom is 0.213 e. The van der Waals surface area contributed by atoms with E-state index in [9.17, 15) is 0 Å². The van der Waals surface area contributed by atoms with Gasteiger partial charge in [-0.1, -0.05) is 5.46 Å². The molecule has 0 fully saturated rings. The van der Waals surface area contributed by atoms with Gasteiger partial charge in [0.25, 0.3) is 0 Å². The number of rotatable bonds is 1. The van der Waals surface area contributed by atoms with Crippen molar-refractivity contribution in [2.75, 3.05) is 11.0 Å². The van der Waals surface area contributed by atoms with Gasteiger partial charge in [-0.25, -0.2) is 0 Å². The predicted octanol–water partition coefficient (Wildman–Crippen LogP) is -1.22. The van der Waals surface area contributed by atoms with Crippen molar-refractivity contribution in [2.45, 2.75) is 4.90 Å². The van der Waals surface area contributed by atoms with Crippen molar-refractivity contribution >= 4 is 45.3 Å². The highest BCUT2D eigenvalue weighted by molar-refractivity contribution is 7.80. The molecule has 56 valence electrons. The second-order valence-corrected chi connectivity index (χ2v) is 2.96. The Balaban J connectivity index is 3.21. The molecule has 1 aromatic rings. The maximum atomic E-state index is 5.64. The summed E-state index contributed by atoms with van der Waals surface area (Å²) in [5.41, 5.74) is 8.58. The van der Waals surface area contributed by atoms with Crippen LogP contribution in [0.3, 0.4) is 0 Å². The molecule has 0 aliphatic heterocycles. The molecular formula is C6H10B2N2S. The van der Waals surface area contributed by atoms with Gasteiger partial charge in [0, 0.05) is 16.3 Å². The van der Waals surface area contributed by atoms with Crippen molar-refractivity contribution < 1.29 is 0 Å². The van der Waals surface area contributed by atoms with Crippen LogP contribution in [-0.4, -0.2) is 15.8 Å². The van der Waals surface area contributed by atoms with Crippen molar-refractivity contribution in [1.82, 2.24) is 0 Å². The predicted molar refractivity (Wildman–Crippen MR) is 58.5 cm³/mol. The van der Waals surface area contributed by atoms with Crippen molar-refractivity contribution in [3.8, 4) is 0 Å². The number of hydrogen-bond donors (Lipinski definition) is 3. The van der Waals surface area contributed by atoms with Crippen LogP contribution in [0.4, 0.5) is 11.4 Å². The summed E-state index contributed by atoms with van der Waals surface area (Å²) in [4.78, 5) is 0.819. The van der Waals surface area contributed by atoms with Crippen molar-refractivity contribution in [3.05, 3.63) is 12.1 Å². The normalized spacial score (nSPS) is 9.55. The number of hydrogen-bond acceptors (Lipinski definition) is 3. The second-order valence-electron chi connectivity index (χ2n) is 2.48. The van der Waals surface area contributed by atoms with Gasteiger partial charge in [-0.05, 0) is 12.1 Å². The minimum atomic E-state index is 0.727. The molecule has 0 radical (unpaired) electrons. The van der Waals surface area contributed by atoms with Crippen LogP contribution < -0.4 is 16.4 Å². The van der Waals surface area contributed by atoms with E-state index in [4.69, 9.17) is 5.73 Å². The van der Waals surface area contributed by atoms with E-state index in [-0.39, 0.29) is 0 Å². The van der Waals surface area contributed by atoms with E-state index in [2.05, 4.69) is 17.9 Å². The van der Waals surface area contributed by atoms with E-state index >= 15 is 0 Å². The van der Waals surface area contributed by atoms with Gasteiger partial charge in [-0.15, -0.1) is 12.6 Å². The van der Waals surface area contributed by atoms with Gasteiger partial charge in [-0.2, -0.15) is 0 Å². The molecule has 11 heavy (non-hydrogen) atoms. The number of thiol groups is 1. The first-order valence-corrected chi connectivity index (χ1v) is 3.86. The Morgan fingerprint density at radius 2 is 2.09 bits per heavy atom. The molecule has 0 aliphatic rings. The Bertz CT molecular complexity index is 278. The average Bonchev–Trinajstić information content (AvgIpc) is 1.97. The number of nitrogen functional groups attached to an aromatic ring is 1. The fraction of sp³-hybridized carbons (Fsp3) is 0. The van der Waals surface area contributed by atoms with E-state index in [0.717, 1.165) is 21.7 Å². The number of nitrogens with two attached hydrogens (primary N) is 1. The smallest absolute Gasteiger partial charge is 0.213 e. The molecule has 1 rings (SSSR count). The van der Waals surface area contributed by atoms with Gasteiger partial charge in [0.1, 0.15) is 7.85 Å². The van der Waals surface area contributed by atoms with Crippen LogP contribution in [0.1, 0.15) is 0 Å². The summed E-state index contributed by atoms with van der Waals surface area (Å²) < 4.78 is 0. The fourth-order valence-electron chi connectivity index (χ4n) is 0.988. The first-order valence-electron chi connectivity index (χ1n) is 3.42. The van der Waals surface area contributed by atoms with E-state index < -0.39 is 0 Å². The standard InChI is InChI=1S/C6H10B2N2S/c7-3-1-4(9)6(11)2-5(3)10-8/h1-2,10-11H,7-9H2. The number of nitrogens with one attached hydrogen (secondary N) is 1. The lowest BCUT2D eigenvalue weighted by atomic mass is 9.93. The molecule has 0 unspecified atom stereocenters. The summed E-state index contributed by atoms with van der Waals surface area (Å²) in [5.74, 6) is 0. The molecule has 0 aromatic heterocycles. The molecule has 2 nitrogen and oxygen atoms in total. The lowest BCUT2D eigenvalue weighted by Crippen LogP contribution is -2.11. The lowest BCUT2D eigenvalue weighted by molar-refractivity contribution is 1.49. The van der Waals surface area contributed by atoms with Crippen LogP contribution in [0.15, 0.2) is 17.0 Å². The third-order valence-corrected chi connectivity index (χ3v) is 2.03. The Hall–Kier alpha value is -0.700. The van der Waals surface area contributed by atoms with Gasteiger partial charge >= 0.3 is 0 Å². The topological polar surface area (TPSA) is 38.0 Å². The molecule has 3 N–H and O–H groups in total. The summed E-state index contributed by atoms with van der Waals surface area (Å²) in [6.45, 7) is 0. The monoisotopic (exact) mass is 164 g/mol. The van der Waals surface area contributed by atoms with Gasteiger partial charge in [-0.3, -0.25) is 0 Å². The molecule has 0 atom stereocenters. The zero-order valence-corrected chi connectivity index (χ0v) is 7.57. The van der Waals surface area contributed by atoms with Crippen LogP contribution in [0.2, 0.25) is 0 Å². The molecule has 0 aliphatic carbocycles. The van der Waals surface area contributed by atoms with Crippen LogP contribution in [0.5, 0.6) is 0 Å². The maximum absolute atomic E-state index is 5.64. The molecule has 0 spiro atoms. The van der Waals surface area contributed by atoms with Crippen LogP contribution in [-0.2, 0) is 0 Å². The molecular weight excluding hydrogens is 154 g/mol. The van der Waals surface area contributed by atoms with Gasteiger partial charge in [0.2, 0.25) is 7.98 Å². The largest absolute Gasteiger partial charge is 0.435 e. The summed E-state index contributed by atoms with van der Waals surface area (Å²) in [6.07, 6.45) is 0. The number of benzene rings is 1. The zero-order valence-electron chi connectivity index (χ0n) is 6.68. The Morgan fingerprint density at radius 1 is 1.45 bits per heavy atom. The fourth-order valence-corrected chi connectivity index (χ4v) is 1.18. The minimum Gasteiger partial charge on any atom is -0.435 e. The second kappa shape index (κ2) is 3.13. The van der Waals surface area contributed by atoms with E-state index in [1.807, 2.05) is 28.0 Å². The van der Waals surface area contributed by atoms with Crippen molar-refractivity contribution in [2.24, 2.45) is 0 Å². The molecule has 0 bridgehead atoms. The summed E-state index contributed by atoms with van der Waals surface area (Å²) in [7, 11) is 3.89. The third-order valence-electron chi connectivity index (χ3n) is 1.64. The highest BCUT2D eigenvalue weighted by atomic mass is 32.1. The quantitative estimate of drug-likeness (QED) is 0.276. The third kappa shape index (κ3) is 1.66. The van der Waals surface area contributed by atoms with E-state index in [0.29, 0.717) is 0 Å². The first kappa shape index (κ1) is 8.40. The highest BCUT2D eigenvalue weighted by Gasteiger charge is 1.99. The zero-order chi connectivity index (χ0) is 8.43. The Morgan fingerprint density at radius 3 is 2.64 bits per heavy atom. The summed E-state index contributed by atoms with van der Waals surface area (Å²) in [5, 5.41) is 3.06. The number of anilines is 2. The van der Waals surface area contributed by atoms with E-state index in [1.54, 1.807) is 0 Å². The molecule has 0 heterocycles. The highest BCUT2D eigenvalue weighted by Crippen LogP contribution is 2.18. The van der Waals surface area contributed by atoms with Crippen LogP contribution >= 0.6 is 12.6 Å². The van der Waals surface area contributed by atoms with Crippen LogP contribution in [0, 0.1) is 0 Å². The lowest BCUT2D eigenvalue weighted by Gasteiger charge is -2.08.